The summed E-state index contributed by atoms with van der Waals surface area (Å²) < 4.78 is 21.6. The van der Waals surface area contributed by atoms with Gasteiger partial charge in [-0.1, -0.05) is 29.8 Å². The maximum atomic E-state index is 10.8. The third-order valence-corrected chi connectivity index (χ3v) is 2.27. The Hall–Kier alpha value is -1.36. The van der Waals surface area contributed by atoms with Gasteiger partial charge in [-0.2, -0.15) is 5.10 Å². The minimum atomic E-state index is -3.27. The van der Waals surface area contributed by atoms with Gasteiger partial charge in [0.05, 0.1) is 12.0 Å². The molecule has 0 bridgehead atoms. The molecule has 1 aromatic carbocycles. The normalized spacial score (nSPS) is 12.6. The zero-order valence-corrected chi connectivity index (χ0v) is 9.80. The molecule has 0 saturated carbocycles. The second kappa shape index (κ2) is 4.44. The van der Waals surface area contributed by atoms with Crippen LogP contribution in [0.4, 0.5) is 0 Å². The van der Waals surface area contributed by atoms with Crippen molar-refractivity contribution < 1.29 is 8.42 Å². The van der Waals surface area contributed by atoms with Crippen molar-refractivity contribution in [3.8, 4) is 0 Å². The van der Waals surface area contributed by atoms with Gasteiger partial charge in [-0.05, 0) is 19.4 Å². The summed E-state index contributed by atoms with van der Waals surface area (Å²) in [7, 11) is -3.27. The molecule has 82 valence electrons. The second-order valence-corrected chi connectivity index (χ2v) is 5.15. The molecule has 0 atom stereocenters. The average molecular weight is 226 g/mol. The number of nitrogens with zero attached hydrogens (tertiary/aromatic N) is 1. The fourth-order valence-electron chi connectivity index (χ4n) is 1.01. The first kappa shape index (κ1) is 11.7. The predicted molar refractivity (Wildman–Crippen MR) is 61.4 cm³/mol. The molecule has 4 nitrogen and oxygen atoms in total. The van der Waals surface area contributed by atoms with E-state index in [-0.39, 0.29) is 0 Å². The van der Waals surface area contributed by atoms with Gasteiger partial charge < -0.3 is 0 Å². The minimum absolute atomic E-state index is 0.639. The van der Waals surface area contributed by atoms with Crippen molar-refractivity contribution in [2.75, 3.05) is 6.26 Å². The molecule has 15 heavy (non-hydrogen) atoms. The monoisotopic (exact) mass is 226 g/mol. The Morgan fingerprint density at radius 2 is 1.80 bits per heavy atom. The van der Waals surface area contributed by atoms with Crippen LogP contribution in [0.5, 0.6) is 0 Å². The summed E-state index contributed by atoms with van der Waals surface area (Å²) in [4.78, 5) is 2.09. The van der Waals surface area contributed by atoms with Crippen LogP contribution >= 0.6 is 0 Å². The molecule has 0 saturated heterocycles. The molecule has 0 unspecified atom stereocenters. The van der Waals surface area contributed by atoms with Gasteiger partial charge in [0.1, 0.15) is 0 Å². The Balaban J connectivity index is 2.85. The van der Waals surface area contributed by atoms with Crippen LogP contribution in [0.3, 0.4) is 0 Å². The fraction of sp³-hybridized carbons (Fsp3) is 0.300. The van der Waals surface area contributed by atoms with Crippen LogP contribution in [-0.4, -0.2) is 20.4 Å². The van der Waals surface area contributed by atoms with Crippen molar-refractivity contribution in [3.63, 3.8) is 0 Å². The van der Waals surface area contributed by atoms with E-state index in [1.807, 2.05) is 31.2 Å². The Morgan fingerprint density at radius 3 is 2.27 bits per heavy atom. The first-order valence-corrected chi connectivity index (χ1v) is 6.36. The highest BCUT2D eigenvalue weighted by atomic mass is 32.2. The number of hydrogen-bond acceptors (Lipinski definition) is 3. The zero-order valence-electron chi connectivity index (χ0n) is 8.98. The fourth-order valence-corrected chi connectivity index (χ4v) is 1.31. The van der Waals surface area contributed by atoms with Gasteiger partial charge in [0.2, 0.25) is 10.0 Å². The molecule has 0 radical (unpaired) electrons. The summed E-state index contributed by atoms with van der Waals surface area (Å²) in [5.74, 6) is 0. The van der Waals surface area contributed by atoms with E-state index in [9.17, 15) is 8.42 Å². The van der Waals surface area contributed by atoms with Gasteiger partial charge in [-0.15, -0.1) is 0 Å². The molecule has 1 rings (SSSR count). The molecule has 5 heteroatoms. The third-order valence-electron chi connectivity index (χ3n) is 1.85. The summed E-state index contributed by atoms with van der Waals surface area (Å²) in [6, 6.07) is 7.71. The van der Waals surface area contributed by atoms with E-state index in [2.05, 4.69) is 9.93 Å². The predicted octanol–water partition coefficient (Wildman–Crippen LogP) is 1.27. The first-order valence-electron chi connectivity index (χ1n) is 4.46. The van der Waals surface area contributed by atoms with Crippen LogP contribution in [-0.2, 0) is 10.0 Å². The smallest absolute Gasteiger partial charge is 0.206 e. The van der Waals surface area contributed by atoms with E-state index < -0.39 is 10.0 Å². The molecule has 0 amide bonds. The van der Waals surface area contributed by atoms with E-state index in [0.29, 0.717) is 5.71 Å². The standard InChI is InChI=1S/C10H14N2O2S/c1-8-4-6-10(7-5-8)9(2)11-12-15(3,13)14/h4-7,12H,1-3H3/b11-9-. The molecule has 0 fully saturated rings. The molecule has 1 aromatic rings. The SMILES string of the molecule is C/C(=N/NS(C)(=O)=O)c1ccc(C)cc1. The van der Waals surface area contributed by atoms with Crippen molar-refractivity contribution in [2.45, 2.75) is 13.8 Å². The molecular weight excluding hydrogens is 212 g/mol. The Kier molecular flexibility index (Phi) is 3.47. The zero-order chi connectivity index (χ0) is 11.5. The Morgan fingerprint density at radius 1 is 1.27 bits per heavy atom. The summed E-state index contributed by atoms with van der Waals surface area (Å²) >= 11 is 0. The molecule has 1 N–H and O–H groups in total. The summed E-state index contributed by atoms with van der Waals surface area (Å²) in [5.41, 5.74) is 2.69. The molecule has 0 aliphatic carbocycles. The van der Waals surface area contributed by atoms with Crippen molar-refractivity contribution >= 4 is 15.7 Å². The lowest BCUT2D eigenvalue weighted by Crippen LogP contribution is -2.17. The van der Waals surface area contributed by atoms with Crippen molar-refractivity contribution in [3.05, 3.63) is 35.4 Å². The molecule has 0 aliphatic rings. The first-order chi connectivity index (χ1) is 6.88. The number of benzene rings is 1. The molecule has 0 heterocycles. The van der Waals surface area contributed by atoms with Gasteiger partial charge in [0.25, 0.3) is 0 Å². The van der Waals surface area contributed by atoms with Crippen LogP contribution in [0.15, 0.2) is 29.4 Å². The van der Waals surface area contributed by atoms with Gasteiger partial charge in [0, 0.05) is 0 Å². The number of rotatable bonds is 3. The van der Waals surface area contributed by atoms with E-state index >= 15 is 0 Å². The molecule has 0 spiro atoms. The maximum absolute atomic E-state index is 10.8. The minimum Gasteiger partial charge on any atom is -0.206 e. The molecular formula is C10H14N2O2S. The van der Waals surface area contributed by atoms with Crippen molar-refractivity contribution in [1.82, 2.24) is 4.83 Å². The quantitative estimate of drug-likeness (QED) is 0.623. The highest BCUT2D eigenvalue weighted by molar-refractivity contribution is 7.88. The lowest BCUT2D eigenvalue weighted by Gasteiger charge is -2.02. The van der Waals surface area contributed by atoms with Crippen LogP contribution in [0.1, 0.15) is 18.1 Å². The number of hydrogen-bond donors (Lipinski definition) is 1. The van der Waals surface area contributed by atoms with Crippen LogP contribution in [0, 0.1) is 6.92 Å². The highest BCUT2D eigenvalue weighted by Gasteiger charge is 1.99. The Labute approximate surface area is 90.1 Å². The van der Waals surface area contributed by atoms with Gasteiger partial charge in [-0.25, -0.2) is 13.2 Å². The lowest BCUT2D eigenvalue weighted by molar-refractivity contribution is 0.590. The van der Waals surface area contributed by atoms with Crippen LogP contribution in [0.25, 0.3) is 0 Å². The third kappa shape index (κ3) is 4.12. The summed E-state index contributed by atoms with van der Waals surface area (Å²) in [6.45, 7) is 3.74. The van der Waals surface area contributed by atoms with E-state index in [1.54, 1.807) is 6.92 Å². The number of aryl methyl sites for hydroxylation is 1. The van der Waals surface area contributed by atoms with Crippen LogP contribution in [0.2, 0.25) is 0 Å². The largest absolute Gasteiger partial charge is 0.244 e. The number of hydrazone groups is 1. The maximum Gasteiger partial charge on any atom is 0.244 e. The number of sulfonamides is 1. The van der Waals surface area contributed by atoms with Crippen LogP contribution < -0.4 is 4.83 Å². The second-order valence-electron chi connectivity index (χ2n) is 3.43. The summed E-state index contributed by atoms with van der Waals surface area (Å²) in [6.07, 6.45) is 1.07. The summed E-state index contributed by atoms with van der Waals surface area (Å²) in [5, 5.41) is 3.77. The Bertz CT molecular complexity index is 461. The highest BCUT2D eigenvalue weighted by Crippen LogP contribution is 2.04. The van der Waals surface area contributed by atoms with Gasteiger partial charge >= 0.3 is 0 Å². The van der Waals surface area contributed by atoms with Gasteiger partial charge in [0.15, 0.2) is 0 Å². The van der Waals surface area contributed by atoms with E-state index in [0.717, 1.165) is 17.4 Å². The molecule has 0 aliphatic heterocycles. The van der Waals surface area contributed by atoms with Gasteiger partial charge in [-0.3, -0.25) is 0 Å². The lowest BCUT2D eigenvalue weighted by atomic mass is 10.1. The van der Waals surface area contributed by atoms with Crippen molar-refractivity contribution in [2.24, 2.45) is 5.10 Å². The average Bonchev–Trinajstić information content (AvgIpc) is 2.14. The van der Waals surface area contributed by atoms with E-state index in [4.69, 9.17) is 0 Å². The number of nitrogens with one attached hydrogen (secondary N) is 1. The van der Waals surface area contributed by atoms with Crippen molar-refractivity contribution in [1.29, 1.82) is 0 Å². The molecule has 0 aromatic heterocycles. The van der Waals surface area contributed by atoms with E-state index in [1.165, 1.54) is 0 Å². The topological polar surface area (TPSA) is 58.5 Å².